The first-order valence-electron chi connectivity index (χ1n) is 3.51. The van der Waals surface area contributed by atoms with Crippen LogP contribution in [0, 0.1) is 0 Å². The van der Waals surface area contributed by atoms with E-state index in [1.54, 1.807) is 6.92 Å². The van der Waals surface area contributed by atoms with Crippen LogP contribution < -0.4 is 0 Å². The Bertz CT molecular complexity index is 183. The van der Waals surface area contributed by atoms with Crippen molar-refractivity contribution >= 4 is 31.8 Å². The van der Waals surface area contributed by atoms with Crippen molar-refractivity contribution in [1.29, 1.82) is 0 Å². The van der Waals surface area contributed by atoms with E-state index in [9.17, 15) is 4.79 Å². The van der Waals surface area contributed by atoms with Crippen molar-refractivity contribution in [3.05, 3.63) is 12.2 Å². The molecular formula is C7H12O4S2. The molecule has 0 saturated carbocycles. The Morgan fingerprint density at radius 1 is 1.46 bits per heavy atom. The highest BCUT2D eigenvalue weighted by Gasteiger charge is 2.11. The van der Waals surface area contributed by atoms with Crippen LogP contribution >= 0.6 is 25.8 Å². The molecule has 0 amide bonds. The van der Waals surface area contributed by atoms with Gasteiger partial charge in [-0.3, -0.25) is 0 Å². The van der Waals surface area contributed by atoms with Gasteiger partial charge in [-0.1, -0.05) is 6.58 Å². The molecule has 6 heteroatoms. The molecule has 0 aliphatic heterocycles. The van der Waals surface area contributed by atoms with Crippen molar-refractivity contribution in [2.45, 2.75) is 13.0 Å². The van der Waals surface area contributed by atoms with Crippen molar-refractivity contribution in [2.75, 3.05) is 13.2 Å². The number of thiol groups is 2. The largest absolute Gasteiger partial charge is 0.459 e. The van der Waals surface area contributed by atoms with E-state index in [0.717, 1.165) is 0 Å². The molecule has 76 valence electrons. The third-order valence-electron chi connectivity index (χ3n) is 1.16. The van der Waals surface area contributed by atoms with Gasteiger partial charge >= 0.3 is 5.97 Å². The van der Waals surface area contributed by atoms with Crippen molar-refractivity contribution < 1.29 is 17.9 Å². The topological polar surface area (TPSA) is 44.8 Å². The van der Waals surface area contributed by atoms with Gasteiger partial charge in [0.1, 0.15) is 12.7 Å². The first-order valence-corrected chi connectivity index (χ1v) is 4.24. The summed E-state index contributed by atoms with van der Waals surface area (Å²) in [5.74, 6) is -0.463. The van der Waals surface area contributed by atoms with Crippen LogP contribution in [0.1, 0.15) is 6.92 Å². The molecule has 0 heterocycles. The Labute approximate surface area is 88.5 Å². The summed E-state index contributed by atoms with van der Waals surface area (Å²) < 4.78 is 13.9. The quantitative estimate of drug-likeness (QED) is 0.308. The zero-order valence-electron chi connectivity index (χ0n) is 7.23. The van der Waals surface area contributed by atoms with E-state index in [1.165, 1.54) is 0 Å². The van der Waals surface area contributed by atoms with Crippen molar-refractivity contribution in [1.82, 2.24) is 0 Å². The van der Waals surface area contributed by atoms with Gasteiger partial charge < -0.3 is 13.1 Å². The molecule has 0 aromatic carbocycles. The van der Waals surface area contributed by atoms with E-state index in [4.69, 9.17) is 4.74 Å². The van der Waals surface area contributed by atoms with E-state index in [0.29, 0.717) is 5.57 Å². The van der Waals surface area contributed by atoms with E-state index in [-0.39, 0.29) is 13.2 Å². The molecule has 0 rings (SSSR count). The van der Waals surface area contributed by atoms with Crippen molar-refractivity contribution in [3.63, 3.8) is 0 Å². The zero-order valence-corrected chi connectivity index (χ0v) is 9.01. The van der Waals surface area contributed by atoms with Crippen LogP contribution in [0.3, 0.4) is 0 Å². The van der Waals surface area contributed by atoms with E-state index >= 15 is 0 Å². The first kappa shape index (κ1) is 12.8. The molecule has 0 saturated heterocycles. The molecule has 0 spiro atoms. The highest BCUT2D eigenvalue weighted by Crippen LogP contribution is 2.01. The minimum atomic E-state index is -0.463. The van der Waals surface area contributed by atoms with Crippen LogP contribution in [0.5, 0.6) is 0 Å². The molecule has 0 radical (unpaired) electrons. The second-order valence-corrected chi connectivity index (χ2v) is 2.87. The molecule has 1 unspecified atom stereocenters. The third kappa shape index (κ3) is 5.98. The number of rotatable bonds is 6. The maximum absolute atomic E-state index is 10.9. The van der Waals surface area contributed by atoms with Crippen molar-refractivity contribution in [3.8, 4) is 0 Å². The molecule has 13 heavy (non-hydrogen) atoms. The molecule has 0 aliphatic rings. The standard InChI is InChI=1S/C7H12O4S2/c1-5(2)7(8)9-3-6(11-13)4-10-12/h6,12-13H,1,3-4H2,2H3. The molecule has 0 N–H and O–H groups in total. The minimum Gasteiger partial charge on any atom is -0.459 e. The van der Waals surface area contributed by atoms with Crippen LogP contribution in [0.25, 0.3) is 0 Å². The monoisotopic (exact) mass is 224 g/mol. The van der Waals surface area contributed by atoms with Crippen LogP contribution in [0.4, 0.5) is 0 Å². The van der Waals surface area contributed by atoms with Gasteiger partial charge in [-0.05, 0) is 32.7 Å². The fraction of sp³-hybridized carbons (Fsp3) is 0.571. The highest BCUT2D eigenvalue weighted by atomic mass is 32.1. The minimum absolute atomic E-state index is 0.0652. The van der Waals surface area contributed by atoms with Crippen LogP contribution in [-0.4, -0.2) is 25.3 Å². The number of ether oxygens (including phenoxy) is 1. The Morgan fingerprint density at radius 3 is 2.46 bits per heavy atom. The summed E-state index contributed by atoms with van der Waals surface area (Å²) in [5.41, 5.74) is 0.338. The number of carbonyl (C=O) groups excluding carboxylic acids is 1. The second kappa shape index (κ2) is 7.25. The molecule has 0 aromatic heterocycles. The Kier molecular flexibility index (Phi) is 7.16. The number of esters is 1. The first-order chi connectivity index (χ1) is 6.11. The summed E-state index contributed by atoms with van der Waals surface area (Å²) in [6, 6.07) is 0. The summed E-state index contributed by atoms with van der Waals surface area (Å²) in [6.07, 6.45) is -0.427. The maximum Gasteiger partial charge on any atom is 0.333 e. The summed E-state index contributed by atoms with van der Waals surface area (Å²) in [5, 5.41) is 0. The highest BCUT2D eigenvalue weighted by molar-refractivity contribution is 7.75. The van der Waals surface area contributed by atoms with E-state index < -0.39 is 12.1 Å². The second-order valence-electron chi connectivity index (χ2n) is 2.40. The predicted molar refractivity (Wildman–Crippen MR) is 54.6 cm³/mol. The van der Waals surface area contributed by atoms with Crippen molar-refractivity contribution in [2.24, 2.45) is 0 Å². The van der Waals surface area contributed by atoms with Gasteiger partial charge in [0.15, 0.2) is 0 Å². The molecule has 4 nitrogen and oxygen atoms in total. The molecule has 0 fully saturated rings. The third-order valence-corrected chi connectivity index (χ3v) is 1.61. The van der Waals surface area contributed by atoms with Gasteiger partial charge in [0.05, 0.1) is 6.61 Å². The van der Waals surface area contributed by atoms with Gasteiger partial charge in [-0.25, -0.2) is 4.79 Å². The Balaban J connectivity index is 3.71. The summed E-state index contributed by atoms with van der Waals surface area (Å²) in [4.78, 5) is 10.9. The molecular weight excluding hydrogens is 212 g/mol. The lowest BCUT2D eigenvalue weighted by Gasteiger charge is -2.12. The Hall–Kier alpha value is -0.170. The zero-order chi connectivity index (χ0) is 10.3. The smallest absolute Gasteiger partial charge is 0.333 e. The lowest BCUT2D eigenvalue weighted by Crippen LogP contribution is -2.23. The fourth-order valence-corrected chi connectivity index (χ4v) is 0.772. The van der Waals surface area contributed by atoms with Gasteiger partial charge in [0.2, 0.25) is 0 Å². The normalized spacial score (nSPS) is 12.2. The van der Waals surface area contributed by atoms with Gasteiger partial charge in [0, 0.05) is 5.57 Å². The van der Waals surface area contributed by atoms with Gasteiger partial charge in [-0.15, -0.1) is 0 Å². The average Bonchev–Trinajstić information content (AvgIpc) is 2.11. The number of hydrogen-bond donors (Lipinski definition) is 2. The Morgan fingerprint density at radius 2 is 2.08 bits per heavy atom. The lowest BCUT2D eigenvalue weighted by atomic mass is 10.3. The van der Waals surface area contributed by atoms with Crippen LogP contribution in [0.2, 0.25) is 0 Å². The number of hydrogen-bond acceptors (Lipinski definition) is 6. The molecule has 0 bridgehead atoms. The SMILES string of the molecule is C=C(C)C(=O)OCC(COS)OS. The van der Waals surface area contributed by atoms with Crippen LogP contribution in [-0.2, 0) is 17.9 Å². The number of carbonyl (C=O) groups is 1. The van der Waals surface area contributed by atoms with Gasteiger partial charge in [0.25, 0.3) is 0 Å². The van der Waals surface area contributed by atoms with Crippen LogP contribution in [0.15, 0.2) is 12.2 Å². The predicted octanol–water partition coefficient (Wildman–Crippen LogP) is 1.20. The molecule has 1 atom stereocenters. The summed E-state index contributed by atoms with van der Waals surface area (Å²) in [7, 11) is 0. The molecule has 0 aromatic rings. The lowest BCUT2D eigenvalue weighted by molar-refractivity contribution is -0.141. The summed E-state index contributed by atoms with van der Waals surface area (Å²) >= 11 is 7.10. The molecule has 0 aliphatic carbocycles. The van der Waals surface area contributed by atoms with E-state index in [2.05, 4.69) is 40.8 Å². The van der Waals surface area contributed by atoms with E-state index in [1.807, 2.05) is 0 Å². The summed E-state index contributed by atoms with van der Waals surface area (Å²) in [6.45, 7) is 5.24. The van der Waals surface area contributed by atoms with Gasteiger partial charge in [-0.2, -0.15) is 0 Å². The maximum atomic E-state index is 10.9. The average molecular weight is 224 g/mol. The fourth-order valence-electron chi connectivity index (χ4n) is 0.484.